The van der Waals surface area contributed by atoms with Crippen LogP contribution in [0.3, 0.4) is 0 Å². The van der Waals surface area contributed by atoms with Gasteiger partial charge in [0.15, 0.2) is 0 Å². The van der Waals surface area contributed by atoms with Crippen LogP contribution in [0.25, 0.3) is 10.8 Å². The molecule has 39 heavy (non-hydrogen) atoms. The van der Waals surface area contributed by atoms with Gasteiger partial charge in [0.2, 0.25) is 0 Å². The third-order valence-electron chi connectivity index (χ3n) is 11.1. The van der Waals surface area contributed by atoms with Gasteiger partial charge in [-0.05, 0) is 85.5 Å². The maximum Gasteiger partial charge on any atom is 0.410 e. The number of rotatable bonds is 5. The standard InChI is InChI=1S/C34H43NO4/c1-4-39-31(37)35(21-24-10-7-9-23-8-5-6-11-27(23)24)22-34(38)19-16-30-28-13-12-25-20-26(36)14-17-32(25,2)29(28)15-18-33(30,34)3/h5-13,26,29-30,36,38H,4,14-22H2,1-3H3. The Bertz CT molecular complexity index is 1330. The monoisotopic (exact) mass is 529 g/mol. The van der Waals surface area contributed by atoms with Gasteiger partial charge in [0.05, 0.1) is 24.9 Å². The van der Waals surface area contributed by atoms with E-state index in [9.17, 15) is 15.0 Å². The van der Waals surface area contributed by atoms with Gasteiger partial charge >= 0.3 is 6.09 Å². The largest absolute Gasteiger partial charge is 0.450 e. The summed E-state index contributed by atoms with van der Waals surface area (Å²) in [5.41, 5.74) is 2.75. The van der Waals surface area contributed by atoms with Crippen LogP contribution in [0, 0.1) is 22.7 Å². The second-order valence-electron chi connectivity index (χ2n) is 13.0. The Hall–Kier alpha value is -2.63. The van der Waals surface area contributed by atoms with Crippen molar-refractivity contribution in [3.8, 4) is 0 Å². The number of aliphatic hydroxyl groups is 2. The van der Waals surface area contributed by atoms with Gasteiger partial charge in [-0.3, -0.25) is 0 Å². The first-order valence-corrected chi connectivity index (χ1v) is 14.9. The van der Waals surface area contributed by atoms with Crippen molar-refractivity contribution >= 4 is 16.9 Å². The molecule has 208 valence electrons. The summed E-state index contributed by atoms with van der Waals surface area (Å²) < 4.78 is 5.52. The Labute approximate surface area is 232 Å². The average molecular weight is 530 g/mol. The molecule has 3 saturated carbocycles. The quantitative estimate of drug-likeness (QED) is 0.448. The van der Waals surface area contributed by atoms with Crippen molar-refractivity contribution in [2.75, 3.05) is 13.2 Å². The molecule has 6 rings (SSSR count). The van der Waals surface area contributed by atoms with E-state index >= 15 is 0 Å². The molecule has 2 N–H and O–H groups in total. The Balaban J connectivity index is 1.30. The fraction of sp³-hybridized carbons (Fsp3) is 0.559. The van der Waals surface area contributed by atoms with Crippen LogP contribution < -0.4 is 0 Å². The average Bonchev–Trinajstić information content (AvgIpc) is 3.19. The molecular weight excluding hydrogens is 486 g/mol. The summed E-state index contributed by atoms with van der Waals surface area (Å²) in [5.74, 6) is 0.770. The van der Waals surface area contributed by atoms with Crippen molar-refractivity contribution in [3.63, 3.8) is 0 Å². The summed E-state index contributed by atoms with van der Waals surface area (Å²) in [6.45, 7) is 7.47. The van der Waals surface area contributed by atoms with Crippen LogP contribution in [0.4, 0.5) is 4.79 Å². The lowest BCUT2D eigenvalue weighted by atomic mass is 9.50. The number of benzene rings is 2. The van der Waals surface area contributed by atoms with E-state index in [0.717, 1.165) is 54.9 Å². The SMILES string of the molecule is CCOC(=O)N(Cc1cccc2ccccc12)CC1(O)CCC2C3=CC=C4CC(O)CCC4(C)C3CCC21C. The minimum atomic E-state index is -0.992. The number of allylic oxidation sites excluding steroid dienone is 3. The maximum absolute atomic E-state index is 13.3. The molecule has 0 radical (unpaired) electrons. The maximum atomic E-state index is 13.3. The number of amides is 1. The number of hydrogen-bond acceptors (Lipinski definition) is 4. The molecule has 0 spiro atoms. The summed E-state index contributed by atoms with van der Waals surface area (Å²) in [5, 5.41) is 25.0. The van der Waals surface area contributed by atoms with Gasteiger partial charge in [-0.25, -0.2) is 4.79 Å². The van der Waals surface area contributed by atoms with Gasteiger partial charge < -0.3 is 19.8 Å². The van der Waals surface area contributed by atoms with Crippen LogP contribution in [0.15, 0.2) is 65.8 Å². The fourth-order valence-corrected chi connectivity index (χ4v) is 8.71. The lowest BCUT2D eigenvalue weighted by Crippen LogP contribution is -2.56. The Morgan fingerprint density at radius 2 is 1.77 bits per heavy atom. The van der Waals surface area contributed by atoms with Gasteiger partial charge in [-0.15, -0.1) is 0 Å². The van der Waals surface area contributed by atoms with E-state index in [2.05, 4.69) is 50.3 Å². The molecule has 0 aliphatic heterocycles. The summed E-state index contributed by atoms with van der Waals surface area (Å²) in [7, 11) is 0. The van der Waals surface area contributed by atoms with Crippen molar-refractivity contribution in [1.29, 1.82) is 0 Å². The highest BCUT2D eigenvalue weighted by molar-refractivity contribution is 5.86. The highest BCUT2D eigenvalue weighted by Gasteiger charge is 2.62. The minimum absolute atomic E-state index is 0.108. The highest BCUT2D eigenvalue weighted by atomic mass is 16.6. The third-order valence-corrected chi connectivity index (χ3v) is 11.1. The highest BCUT2D eigenvalue weighted by Crippen LogP contribution is 2.66. The molecule has 0 aromatic heterocycles. The van der Waals surface area contributed by atoms with Crippen LogP contribution in [0.1, 0.15) is 71.3 Å². The number of nitrogens with zero attached hydrogens (tertiary/aromatic N) is 1. The second-order valence-corrected chi connectivity index (χ2v) is 13.0. The van der Waals surface area contributed by atoms with Crippen LogP contribution in [0.2, 0.25) is 0 Å². The molecule has 3 fully saturated rings. The first kappa shape index (κ1) is 26.6. The Morgan fingerprint density at radius 3 is 2.59 bits per heavy atom. The second kappa shape index (κ2) is 9.78. The number of carbonyl (C=O) groups is 1. The van der Waals surface area contributed by atoms with E-state index in [1.54, 1.807) is 4.90 Å². The third kappa shape index (κ3) is 4.24. The predicted octanol–water partition coefficient (Wildman–Crippen LogP) is 6.77. The van der Waals surface area contributed by atoms with Crippen molar-refractivity contribution in [1.82, 2.24) is 4.90 Å². The van der Waals surface area contributed by atoms with E-state index in [1.165, 1.54) is 11.1 Å². The topological polar surface area (TPSA) is 70.0 Å². The summed E-state index contributed by atoms with van der Waals surface area (Å²) >= 11 is 0. The summed E-state index contributed by atoms with van der Waals surface area (Å²) in [4.78, 5) is 15.0. The molecule has 1 amide bonds. The molecule has 4 aliphatic rings. The zero-order chi connectivity index (χ0) is 27.4. The molecule has 2 aromatic carbocycles. The van der Waals surface area contributed by atoms with Gasteiger partial charge in [0, 0.05) is 12.0 Å². The molecule has 5 nitrogen and oxygen atoms in total. The zero-order valence-corrected chi connectivity index (χ0v) is 23.7. The summed E-state index contributed by atoms with van der Waals surface area (Å²) in [6, 6.07) is 14.4. The number of fused-ring (bicyclic) bond motifs is 6. The number of hydrogen-bond donors (Lipinski definition) is 2. The zero-order valence-electron chi connectivity index (χ0n) is 23.7. The normalized spacial score (nSPS) is 35.4. The first-order chi connectivity index (χ1) is 18.7. The molecular formula is C34H43NO4. The minimum Gasteiger partial charge on any atom is -0.450 e. The molecule has 2 aromatic rings. The van der Waals surface area contributed by atoms with Crippen molar-refractivity contribution in [3.05, 3.63) is 71.3 Å². The van der Waals surface area contributed by atoms with E-state index in [1.807, 2.05) is 25.1 Å². The molecule has 0 saturated heterocycles. The molecule has 4 aliphatic carbocycles. The molecule has 5 heteroatoms. The van der Waals surface area contributed by atoms with Gasteiger partial charge in [0.25, 0.3) is 0 Å². The van der Waals surface area contributed by atoms with Gasteiger partial charge in [-0.2, -0.15) is 0 Å². The van der Waals surface area contributed by atoms with Crippen LogP contribution in [0.5, 0.6) is 0 Å². The predicted molar refractivity (Wildman–Crippen MR) is 154 cm³/mol. The molecule has 0 bridgehead atoms. The van der Waals surface area contributed by atoms with Crippen LogP contribution in [-0.4, -0.2) is 46.1 Å². The lowest BCUT2D eigenvalue weighted by Gasteiger charge is -2.56. The van der Waals surface area contributed by atoms with Crippen molar-refractivity contribution < 1.29 is 19.7 Å². The van der Waals surface area contributed by atoms with Crippen LogP contribution >= 0.6 is 0 Å². The van der Waals surface area contributed by atoms with E-state index in [-0.39, 0.29) is 29.6 Å². The van der Waals surface area contributed by atoms with Crippen LogP contribution in [-0.2, 0) is 11.3 Å². The van der Waals surface area contributed by atoms with Crippen molar-refractivity contribution in [2.45, 2.75) is 84.0 Å². The van der Waals surface area contributed by atoms with E-state index in [0.29, 0.717) is 31.4 Å². The first-order valence-electron chi connectivity index (χ1n) is 14.9. The van der Waals surface area contributed by atoms with Gasteiger partial charge in [0.1, 0.15) is 0 Å². The Kier molecular flexibility index (Phi) is 6.67. The smallest absolute Gasteiger partial charge is 0.410 e. The molecule has 6 atom stereocenters. The summed E-state index contributed by atoms with van der Waals surface area (Å²) in [6.07, 6.45) is 10.3. The Morgan fingerprint density at radius 1 is 1.00 bits per heavy atom. The fourth-order valence-electron chi connectivity index (χ4n) is 8.71. The van der Waals surface area contributed by atoms with Gasteiger partial charge in [-0.1, -0.05) is 79.6 Å². The number of aliphatic hydroxyl groups excluding tert-OH is 1. The van der Waals surface area contributed by atoms with Crippen molar-refractivity contribution in [2.24, 2.45) is 22.7 Å². The van der Waals surface area contributed by atoms with E-state index in [4.69, 9.17) is 4.74 Å². The van der Waals surface area contributed by atoms with E-state index < -0.39 is 5.60 Å². The number of carbonyl (C=O) groups excluding carboxylic acids is 1. The lowest BCUT2D eigenvalue weighted by molar-refractivity contribution is -0.100. The number of ether oxygens (including phenoxy) is 1. The molecule has 6 unspecified atom stereocenters. The molecule has 0 heterocycles.